The van der Waals surface area contributed by atoms with E-state index in [0.29, 0.717) is 45.0 Å². The highest BCUT2D eigenvalue weighted by Gasteiger charge is 2.54. The summed E-state index contributed by atoms with van der Waals surface area (Å²) < 4.78 is 11.1. The molecule has 0 aromatic carbocycles. The van der Waals surface area contributed by atoms with Crippen molar-refractivity contribution in [3.05, 3.63) is 23.5 Å². The molecular formula is C18H23N3O4. The van der Waals surface area contributed by atoms with E-state index in [1.807, 2.05) is 6.07 Å². The zero-order chi connectivity index (χ0) is 17.4. The van der Waals surface area contributed by atoms with Gasteiger partial charge in [-0.3, -0.25) is 9.59 Å². The Morgan fingerprint density at radius 1 is 1.40 bits per heavy atom. The van der Waals surface area contributed by atoms with Crippen LogP contribution < -0.4 is 10.1 Å². The van der Waals surface area contributed by atoms with E-state index in [1.165, 1.54) is 0 Å². The zero-order valence-electron chi connectivity index (χ0n) is 14.4. The molecule has 2 saturated heterocycles. The Hall–Kier alpha value is -2.15. The van der Waals surface area contributed by atoms with Crippen LogP contribution in [0, 0.1) is 11.3 Å². The zero-order valence-corrected chi connectivity index (χ0v) is 14.4. The van der Waals surface area contributed by atoms with E-state index >= 15 is 0 Å². The normalized spacial score (nSPS) is 27.9. The maximum atomic E-state index is 13.0. The van der Waals surface area contributed by atoms with Gasteiger partial charge in [0, 0.05) is 32.7 Å². The van der Waals surface area contributed by atoms with Gasteiger partial charge in [0.15, 0.2) is 0 Å². The van der Waals surface area contributed by atoms with Crippen molar-refractivity contribution in [2.24, 2.45) is 11.3 Å². The van der Waals surface area contributed by atoms with Crippen molar-refractivity contribution in [1.29, 1.82) is 0 Å². The van der Waals surface area contributed by atoms with E-state index in [9.17, 15) is 9.59 Å². The van der Waals surface area contributed by atoms with Crippen LogP contribution in [0.4, 0.5) is 0 Å². The summed E-state index contributed by atoms with van der Waals surface area (Å²) in [6, 6.07) is 1.84. The maximum absolute atomic E-state index is 13.0. The lowest BCUT2D eigenvalue weighted by Crippen LogP contribution is -2.49. The number of pyridine rings is 1. The Balaban J connectivity index is 1.58. The molecule has 1 N–H and O–H groups in total. The molecule has 7 heteroatoms. The molecule has 1 aromatic heterocycles. The van der Waals surface area contributed by atoms with Crippen LogP contribution in [0.3, 0.4) is 0 Å². The molecule has 7 nitrogen and oxygen atoms in total. The van der Waals surface area contributed by atoms with E-state index < -0.39 is 5.41 Å². The van der Waals surface area contributed by atoms with Crippen LogP contribution in [-0.4, -0.2) is 61.7 Å². The van der Waals surface area contributed by atoms with Gasteiger partial charge in [-0.05, 0) is 30.9 Å². The van der Waals surface area contributed by atoms with Gasteiger partial charge in [0.25, 0.3) is 5.91 Å². The second-order valence-corrected chi connectivity index (χ2v) is 7.07. The van der Waals surface area contributed by atoms with Crippen LogP contribution in [0.25, 0.3) is 0 Å². The fraction of sp³-hybridized carbons (Fsp3) is 0.611. The smallest absolute Gasteiger partial charge is 0.272 e. The third-order valence-corrected chi connectivity index (χ3v) is 5.69. The molecule has 0 radical (unpaired) electrons. The Bertz CT molecular complexity index is 708. The minimum atomic E-state index is -0.542. The molecule has 0 bridgehead atoms. The third kappa shape index (κ3) is 2.66. The van der Waals surface area contributed by atoms with Crippen molar-refractivity contribution in [3.8, 4) is 5.75 Å². The Kier molecular flexibility index (Phi) is 4.11. The van der Waals surface area contributed by atoms with Crippen molar-refractivity contribution < 1.29 is 19.1 Å². The van der Waals surface area contributed by atoms with E-state index in [2.05, 4.69) is 10.3 Å². The van der Waals surface area contributed by atoms with Crippen molar-refractivity contribution in [1.82, 2.24) is 15.2 Å². The van der Waals surface area contributed by atoms with E-state index in [0.717, 1.165) is 24.2 Å². The van der Waals surface area contributed by atoms with E-state index in [4.69, 9.17) is 9.47 Å². The Morgan fingerprint density at radius 2 is 2.28 bits per heavy atom. The minimum Gasteiger partial charge on any atom is -0.492 e. The SMILES string of the molecule is CNC(=O)[C@]12CCOC[C@H]1CN(C(=O)c1cc3c(cn1)OCCC3)C2. The van der Waals surface area contributed by atoms with Gasteiger partial charge < -0.3 is 19.7 Å². The molecule has 0 saturated carbocycles. The first-order valence-electron chi connectivity index (χ1n) is 8.85. The fourth-order valence-electron chi connectivity index (χ4n) is 4.26. The summed E-state index contributed by atoms with van der Waals surface area (Å²) in [5.41, 5.74) is 0.918. The minimum absolute atomic E-state index is 0.00269. The number of hydrogen-bond acceptors (Lipinski definition) is 5. The molecule has 2 fully saturated rings. The van der Waals surface area contributed by atoms with E-state index in [-0.39, 0.29) is 17.7 Å². The van der Waals surface area contributed by atoms with Gasteiger partial charge in [-0.15, -0.1) is 0 Å². The number of rotatable bonds is 2. The van der Waals surface area contributed by atoms with E-state index in [1.54, 1.807) is 18.1 Å². The highest BCUT2D eigenvalue weighted by Crippen LogP contribution is 2.42. The third-order valence-electron chi connectivity index (χ3n) is 5.69. The number of carbonyl (C=O) groups is 2. The molecule has 1 aromatic rings. The predicted molar refractivity (Wildman–Crippen MR) is 89.4 cm³/mol. The van der Waals surface area contributed by atoms with Gasteiger partial charge in [-0.1, -0.05) is 0 Å². The Labute approximate surface area is 146 Å². The van der Waals surface area contributed by atoms with Gasteiger partial charge in [-0.25, -0.2) is 4.98 Å². The summed E-state index contributed by atoms with van der Waals surface area (Å²) in [4.78, 5) is 31.6. The summed E-state index contributed by atoms with van der Waals surface area (Å²) in [5.74, 6) is 0.688. The number of ether oxygens (including phenoxy) is 2. The van der Waals surface area contributed by atoms with Crippen LogP contribution in [0.1, 0.15) is 28.9 Å². The van der Waals surface area contributed by atoms with Crippen LogP contribution in [0.15, 0.2) is 12.3 Å². The lowest BCUT2D eigenvalue weighted by molar-refractivity contribution is -0.138. The van der Waals surface area contributed by atoms with Crippen molar-refractivity contribution in [3.63, 3.8) is 0 Å². The molecule has 2 atom stereocenters. The summed E-state index contributed by atoms with van der Waals surface area (Å²) in [5, 5.41) is 2.77. The number of carbonyl (C=O) groups excluding carboxylic acids is 2. The first-order chi connectivity index (χ1) is 12.1. The van der Waals surface area contributed by atoms with Crippen LogP contribution in [-0.2, 0) is 16.0 Å². The molecule has 0 unspecified atom stereocenters. The molecule has 3 aliphatic heterocycles. The highest BCUT2D eigenvalue weighted by molar-refractivity contribution is 5.94. The average molecular weight is 345 g/mol. The Morgan fingerprint density at radius 3 is 3.12 bits per heavy atom. The summed E-state index contributed by atoms with van der Waals surface area (Å²) in [7, 11) is 1.65. The molecular weight excluding hydrogens is 322 g/mol. The molecule has 0 aliphatic carbocycles. The van der Waals surface area contributed by atoms with Gasteiger partial charge in [-0.2, -0.15) is 0 Å². The largest absolute Gasteiger partial charge is 0.492 e. The number of nitrogens with zero attached hydrogens (tertiary/aromatic N) is 2. The molecule has 2 amide bonds. The topological polar surface area (TPSA) is 80.8 Å². The second-order valence-electron chi connectivity index (χ2n) is 7.07. The first kappa shape index (κ1) is 16.3. The van der Waals surface area contributed by atoms with Crippen molar-refractivity contribution in [2.75, 3.05) is 40.0 Å². The number of aromatic nitrogens is 1. The number of fused-ring (bicyclic) bond motifs is 2. The van der Waals surface area contributed by atoms with Crippen LogP contribution in [0.2, 0.25) is 0 Å². The number of likely N-dealkylation sites (tertiary alicyclic amines) is 1. The average Bonchev–Trinajstić information content (AvgIpc) is 3.07. The van der Waals surface area contributed by atoms with Gasteiger partial charge in [0.05, 0.1) is 24.8 Å². The fourth-order valence-corrected chi connectivity index (χ4v) is 4.26. The number of aryl methyl sites for hydroxylation is 1. The quantitative estimate of drug-likeness (QED) is 0.850. The van der Waals surface area contributed by atoms with Crippen LogP contribution in [0.5, 0.6) is 5.75 Å². The molecule has 0 spiro atoms. The van der Waals surface area contributed by atoms with Crippen molar-refractivity contribution in [2.45, 2.75) is 19.3 Å². The standard InChI is InChI=1S/C18H23N3O4/c1-19-17(23)18-4-6-24-10-13(18)9-21(11-18)16(22)14-7-12-3-2-5-25-15(12)8-20-14/h7-8,13H,2-6,9-11H2,1H3,(H,19,23)/t13-,18+/m1/s1. The first-order valence-corrected chi connectivity index (χ1v) is 8.85. The van der Waals surface area contributed by atoms with Crippen molar-refractivity contribution >= 4 is 11.8 Å². The number of hydrogen-bond donors (Lipinski definition) is 1. The maximum Gasteiger partial charge on any atom is 0.272 e. The number of amides is 2. The molecule has 4 rings (SSSR count). The highest BCUT2D eigenvalue weighted by atomic mass is 16.5. The lowest BCUT2D eigenvalue weighted by atomic mass is 9.73. The summed E-state index contributed by atoms with van der Waals surface area (Å²) >= 11 is 0. The number of nitrogens with one attached hydrogen (secondary N) is 1. The van der Waals surface area contributed by atoms with Crippen LogP contribution >= 0.6 is 0 Å². The summed E-state index contributed by atoms with van der Waals surface area (Å²) in [6.45, 7) is 2.73. The predicted octanol–water partition coefficient (Wildman–Crippen LogP) is 0.631. The molecule has 134 valence electrons. The monoisotopic (exact) mass is 345 g/mol. The molecule has 25 heavy (non-hydrogen) atoms. The molecule has 4 heterocycles. The van der Waals surface area contributed by atoms with Gasteiger partial charge in [0.2, 0.25) is 5.91 Å². The van der Waals surface area contributed by atoms with Gasteiger partial charge in [0.1, 0.15) is 11.4 Å². The lowest BCUT2D eigenvalue weighted by Gasteiger charge is -2.36. The summed E-state index contributed by atoms with van der Waals surface area (Å²) in [6.07, 6.45) is 4.14. The van der Waals surface area contributed by atoms with Gasteiger partial charge >= 0.3 is 0 Å². The second kappa shape index (κ2) is 6.29. The molecule has 3 aliphatic rings.